The van der Waals surface area contributed by atoms with Gasteiger partial charge in [0, 0.05) is 11.8 Å². The number of hydrogen-bond acceptors (Lipinski definition) is 2. The van der Waals surface area contributed by atoms with Gasteiger partial charge in [0.15, 0.2) is 6.29 Å². The molecule has 2 unspecified atom stereocenters. The second kappa shape index (κ2) is 11.9. The number of alkyl halides is 1. The van der Waals surface area contributed by atoms with Gasteiger partial charge in [0.25, 0.3) is 0 Å². The van der Waals surface area contributed by atoms with Crippen LogP contribution in [0.25, 0.3) is 0 Å². The van der Waals surface area contributed by atoms with Crippen molar-refractivity contribution in [3.05, 3.63) is 35.2 Å². The van der Waals surface area contributed by atoms with Gasteiger partial charge in [0.1, 0.15) is 12.5 Å². The predicted molar refractivity (Wildman–Crippen MR) is 126 cm³/mol. The topological polar surface area (TPSA) is 18.5 Å². The molecule has 0 amide bonds. The van der Waals surface area contributed by atoms with E-state index in [1.165, 1.54) is 25.7 Å². The zero-order valence-electron chi connectivity index (χ0n) is 19.9. The molecule has 0 bridgehead atoms. The minimum atomic E-state index is -0.356. The number of allylic oxidation sites excluding steroid dienone is 6. The summed E-state index contributed by atoms with van der Waals surface area (Å²) in [5.41, 5.74) is 1.76. The Hall–Kier alpha value is -1.00. The summed E-state index contributed by atoms with van der Waals surface area (Å²) >= 11 is 0. The fourth-order valence-electron chi connectivity index (χ4n) is 6.22. The van der Waals surface area contributed by atoms with E-state index in [0.29, 0.717) is 23.7 Å². The maximum Gasteiger partial charge on any atom is 0.160 e. The van der Waals surface area contributed by atoms with Crippen LogP contribution in [0.5, 0.6) is 0 Å². The Kier molecular flexibility index (Phi) is 8.99. The first-order valence-electron chi connectivity index (χ1n) is 13.2. The molecule has 0 N–H and O–H groups in total. The highest BCUT2D eigenvalue weighted by Crippen LogP contribution is 2.43. The van der Waals surface area contributed by atoms with Crippen molar-refractivity contribution in [2.24, 2.45) is 29.6 Å². The lowest BCUT2D eigenvalue weighted by Crippen LogP contribution is -2.39. The lowest BCUT2D eigenvalue weighted by molar-refractivity contribution is -0.230. The zero-order chi connectivity index (χ0) is 22.3. The van der Waals surface area contributed by atoms with Crippen molar-refractivity contribution < 1.29 is 18.3 Å². The van der Waals surface area contributed by atoms with Crippen molar-refractivity contribution in [3.8, 4) is 0 Å². The molecular weight excluding hydrogens is 406 g/mol. The third kappa shape index (κ3) is 6.11. The average molecular weight is 449 g/mol. The Balaban J connectivity index is 1.20. The monoisotopic (exact) mass is 448 g/mol. The molecule has 0 aromatic rings. The summed E-state index contributed by atoms with van der Waals surface area (Å²) in [5.74, 6) is 2.14. The van der Waals surface area contributed by atoms with Gasteiger partial charge < -0.3 is 9.47 Å². The van der Waals surface area contributed by atoms with Crippen molar-refractivity contribution in [3.63, 3.8) is 0 Å². The first-order chi connectivity index (χ1) is 15.7. The van der Waals surface area contributed by atoms with Crippen molar-refractivity contribution in [1.29, 1.82) is 0 Å². The Bertz CT molecular complexity index is 682. The van der Waals surface area contributed by atoms with Crippen LogP contribution in [-0.4, -0.2) is 26.2 Å². The molecule has 180 valence electrons. The molecule has 2 fully saturated rings. The molecule has 1 aliphatic heterocycles. The second-order valence-electron chi connectivity index (χ2n) is 10.6. The minimum absolute atomic E-state index is 0.0152. The third-order valence-corrected chi connectivity index (χ3v) is 8.38. The van der Waals surface area contributed by atoms with Gasteiger partial charge in [-0.2, -0.15) is 0 Å². The summed E-state index contributed by atoms with van der Waals surface area (Å²) in [6, 6.07) is 0. The van der Waals surface area contributed by atoms with Crippen molar-refractivity contribution >= 4 is 0 Å². The van der Waals surface area contributed by atoms with Gasteiger partial charge in [-0.1, -0.05) is 38.3 Å². The van der Waals surface area contributed by atoms with Crippen LogP contribution in [-0.2, 0) is 9.47 Å². The van der Waals surface area contributed by atoms with Crippen LogP contribution in [0.2, 0.25) is 0 Å². The Morgan fingerprint density at radius 3 is 2.31 bits per heavy atom. The standard InChI is InChI=1S/C28H42F2O2/c1-2-3-4-5-21-18-31-28(32-19-21)24-12-10-22(11-13-24)25-14-15-26(27(30)16-25)23-8-6-20(17-29)7-9-23/h6,15-16,21-25,28H,2-5,7-14,17-19H2,1H3. The lowest BCUT2D eigenvalue weighted by atomic mass is 9.72. The molecule has 0 aromatic heterocycles. The van der Waals surface area contributed by atoms with Crippen molar-refractivity contribution in [1.82, 2.24) is 0 Å². The maximum absolute atomic E-state index is 15.0. The van der Waals surface area contributed by atoms with Gasteiger partial charge in [-0.25, -0.2) is 8.78 Å². The van der Waals surface area contributed by atoms with Crippen LogP contribution < -0.4 is 0 Å². The Morgan fingerprint density at radius 1 is 0.938 bits per heavy atom. The van der Waals surface area contributed by atoms with E-state index in [-0.39, 0.29) is 24.7 Å². The van der Waals surface area contributed by atoms with Crippen molar-refractivity contribution in [2.75, 3.05) is 19.9 Å². The molecule has 2 atom stereocenters. The van der Waals surface area contributed by atoms with E-state index in [2.05, 4.69) is 13.0 Å². The number of halogens is 2. The van der Waals surface area contributed by atoms with E-state index < -0.39 is 0 Å². The van der Waals surface area contributed by atoms with Crippen molar-refractivity contribution in [2.45, 2.75) is 90.3 Å². The lowest BCUT2D eigenvalue weighted by Gasteiger charge is -2.39. The smallest absolute Gasteiger partial charge is 0.160 e. The van der Waals surface area contributed by atoms with Gasteiger partial charge in [-0.05, 0) is 92.8 Å². The van der Waals surface area contributed by atoms with Gasteiger partial charge in [0.2, 0.25) is 0 Å². The Labute approximate surface area is 193 Å². The highest BCUT2D eigenvalue weighted by atomic mass is 19.1. The van der Waals surface area contributed by atoms with Gasteiger partial charge in [-0.3, -0.25) is 0 Å². The molecule has 1 saturated carbocycles. The van der Waals surface area contributed by atoms with Crippen LogP contribution in [0.3, 0.4) is 0 Å². The highest BCUT2D eigenvalue weighted by molar-refractivity contribution is 5.33. The summed E-state index contributed by atoms with van der Waals surface area (Å²) in [4.78, 5) is 0. The van der Waals surface area contributed by atoms with E-state index in [4.69, 9.17) is 9.47 Å². The number of hydrogen-bond donors (Lipinski definition) is 0. The summed E-state index contributed by atoms with van der Waals surface area (Å²) in [6.45, 7) is 3.58. The number of ether oxygens (including phenoxy) is 2. The molecule has 2 nitrogen and oxygen atoms in total. The van der Waals surface area contributed by atoms with E-state index in [1.807, 2.05) is 12.2 Å². The predicted octanol–water partition coefficient (Wildman–Crippen LogP) is 7.86. The van der Waals surface area contributed by atoms with Gasteiger partial charge >= 0.3 is 0 Å². The van der Waals surface area contributed by atoms with Gasteiger partial charge in [-0.15, -0.1) is 0 Å². The molecule has 4 heteroatoms. The van der Waals surface area contributed by atoms with Gasteiger partial charge in [0.05, 0.1) is 13.2 Å². The summed E-state index contributed by atoms with van der Waals surface area (Å²) in [6.07, 6.45) is 19.0. The molecule has 1 saturated heterocycles. The molecule has 4 aliphatic rings. The van der Waals surface area contributed by atoms with E-state index >= 15 is 0 Å². The highest BCUT2D eigenvalue weighted by Gasteiger charge is 2.35. The quantitative estimate of drug-likeness (QED) is 0.278. The maximum atomic E-state index is 15.0. The Morgan fingerprint density at radius 2 is 1.69 bits per heavy atom. The molecule has 3 aliphatic carbocycles. The van der Waals surface area contributed by atoms with Crippen LogP contribution in [0.15, 0.2) is 35.2 Å². The van der Waals surface area contributed by atoms with Crippen LogP contribution in [0.4, 0.5) is 8.78 Å². The second-order valence-corrected chi connectivity index (χ2v) is 10.6. The SMILES string of the molecule is CCCCCC1COC(C2CCC(C3C=C(F)C(C4CC=C(CF)CC4)=CC3)CC2)OC1. The molecule has 32 heavy (non-hydrogen) atoms. The van der Waals surface area contributed by atoms with E-state index in [0.717, 1.165) is 75.7 Å². The normalized spacial score (nSPS) is 36.3. The van der Waals surface area contributed by atoms with E-state index in [1.54, 1.807) is 0 Å². The zero-order valence-corrected chi connectivity index (χ0v) is 19.9. The van der Waals surface area contributed by atoms with Crippen LogP contribution in [0.1, 0.15) is 84.0 Å². The number of rotatable bonds is 8. The number of unbranched alkanes of at least 4 members (excludes halogenated alkanes) is 2. The largest absolute Gasteiger partial charge is 0.352 e. The molecule has 1 heterocycles. The minimum Gasteiger partial charge on any atom is -0.352 e. The first kappa shape index (κ1) is 24.1. The third-order valence-electron chi connectivity index (χ3n) is 8.38. The first-order valence-corrected chi connectivity index (χ1v) is 13.2. The summed E-state index contributed by atoms with van der Waals surface area (Å²) in [5, 5.41) is 0. The summed E-state index contributed by atoms with van der Waals surface area (Å²) in [7, 11) is 0. The molecule has 0 spiro atoms. The van der Waals surface area contributed by atoms with Crippen LogP contribution >= 0.6 is 0 Å². The molecule has 0 radical (unpaired) electrons. The van der Waals surface area contributed by atoms with Crippen LogP contribution in [0, 0.1) is 29.6 Å². The fraction of sp³-hybridized carbons (Fsp3) is 0.786. The summed E-state index contributed by atoms with van der Waals surface area (Å²) < 4.78 is 40.1. The molecule has 0 aromatic carbocycles. The average Bonchev–Trinajstić information content (AvgIpc) is 2.85. The molecular formula is C28H42F2O2. The fourth-order valence-corrected chi connectivity index (χ4v) is 6.22. The molecule has 4 rings (SSSR count). The van der Waals surface area contributed by atoms with E-state index in [9.17, 15) is 8.78 Å².